The summed E-state index contributed by atoms with van der Waals surface area (Å²) >= 11 is 0. The van der Waals surface area contributed by atoms with Crippen molar-refractivity contribution < 1.29 is 18.0 Å². The zero-order valence-corrected chi connectivity index (χ0v) is 27.5. The molecule has 2 saturated heterocycles. The van der Waals surface area contributed by atoms with E-state index in [1.165, 1.54) is 3.97 Å². The lowest BCUT2D eigenvalue weighted by molar-refractivity contribution is -0.129. The molecule has 3 aromatic rings. The first-order valence-corrected chi connectivity index (χ1v) is 17.4. The van der Waals surface area contributed by atoms with Gasteiger partial charge in [-0.15, -0.1) is 6.58 Å². The summed E-state index contributed by atoms with van der Waals surface area (Å²) in [5.74, 6) is 0.278. The van der Waals surface area contributed by atoms with E-state index in [0.717, 1.165) is 44.0 Å². The van der Waals surface area contributed by atoms with E-state index >= 15 is 0 Å². The van der Waals surface area contributed by atoms with Gasteiger partial charge in [-0.2, -0.15) is 0 Å². The van der Waals surface area contributed by atoms with Gasteiger partial charge in [0.2, 0.25) is 15.9 Å². The molecule has 3 aliphatic rings. The maximum atomic E-state index is 14.1. The Morgan fingerprint density at radius 2 is 1.89 bits per heavy atom. The topological polar surface area (TPSA) is 117 Å². The lowest BCUT2D eigenvalue weighted by Crippen LogP contribution is -2.50. The highest BCUT2D eigenvalue weighted by Crippen LogP contribution is 2.49. The second kappa shape index (κ2) is 11.9. The molecule has 10 nitrogen and oxygen atoms in total. The number of rotatable bonds is 9. The van der Waals surface area contributed by atoms with Crippen molar-refractivity contribution in [3.8, 4) is 11.1 Å². The van der Waals surface area contributed by atoms with Gasteiger partial charge in [-0.1, -0.05) is 13.0 Å². The van der Waals surface area contributed by atoms with Gasteiger partial charge in [0.15, 0.2) is 0 Å². The molecule has 0 spiro atoms. The standard InChI is InChI=1S/C34H44N6O4S/c1-6-9-34(10-11-34)45(43,44)40-21-23(3)31-27(32(41)36-20-28-22(2)16-24(4)37-33(28)42)17-26(18-29(31)40)25-7-8-30(35-19-25)39-14-12-38(5)13-15-39/h6-8,17-19,21-22,24,28H,1,9-16,20H2,2-5H3,(H,36,41)(H,37,42). The number of piperidine rings is 1. The van der Waals surface area contributed by atoms with E-state index in [2.05, 4.69) is 34.1 Å². The van der Waals surface area contributed by atoms with Gasteiger partial charge in [0.1, 0.15) is 5.82 Å². The molecule has 1 aliphatic carbocycles. The number of nitrogens with zero attached hydrogens (tertiary/aromatic N) is 4. The van der Waals surface area contributed by atoms with Crippen LogP contribution in [-0.4, -0.2) is 84.6 Å². The van der Waals surface area contributed by atoms with Crippen LogP contribution in [0.2, 0.25) is 0 Å². The summed E-state index contributed by atoms with van der Waals surface area (Å²) < 4.78 is 28.7. The predicted octanol–water partition coefficient (Wildman–Crippen LogP) is 3.94. The van der Waals surface area contributed by atoms with Gasteiger partial charge in [0.25, 0.3) is 5.91 Å². The summed E-state index contributed by atoms with van der Waals surface area (Å²) in [6.07, 6.45) is 7.46. The molecular formula is C34H44N6O4S. The number of likely N-dealkylation sites (N-methyl/N-ethyl adjacent to an activating group) is 1. The van der Waals surface area contributed by atoms with E-state index in [1.807, 2.05) is 45.0 Å². The molecule has 3 fully saturated rings. The van der Waals surface area contributed by atoms with Crippen LogP contribution in [0.25, 0.3) is 22.0 Å². The lowest BCUT2D eigenvalue weighted by Gasteiger charge is -2.33. The van der Waals surface area contributed by atoms with E-state index in [4.69, 9.17) is 4.98 Å². The molecule has 0 bridgehead atoms. The van der Waals surface area contributed by atoms with Gasteiger partial charge < -0.3 is 20.4 Å². The number of nitrogens with one attached hydrogen (secondary N) is 2. The van der Waals surface area contributed by atoms with Crippen molar-refractivity contribution in [2.24, 2.45) is 11.8 Å². The minimum absolute atomic E-state index is 0.0580. The third-order valence-electron chi connectivity index (χ3n) is 9.96. The summed E-state index contributed by atoms with van der Waals surface area (Å²) in [6, 6.07) is 7.74. The maximum absolute atomic E-state index is 14.1. The third kappa shape index (κ3) is 5.76. The number of hydrogen-bond donors (Lipinski definition) is 2. The van der Waals surface area contributed by atoms with E-state index < -0.39 is 14.8 Å². The highest BCUT2D eigenvalue weighted by atomic mass is 32.2. The Hall–Kier alpha value is -3.70. The molecule has 3 unspecified atom stereocenters. The molecule has 3 atom stereocenters. The first-order chi connectivity index (χ1) is 21.4. The van der Waals surface area contributed by atoms with Crippen molar-refractivity contribution >= 4 is 38.6 Å². The number of piperazine rings is 1. The number of fused-ring (bicyclic) bond motifs is 1. The van der Waals surface area contributed by atoms with Crippen LogP contribution < -0.4 is 15.5 Å². The smallest absolute Gasteiger partial charge is 0.252 e. The Morgan fingerprint density at radius 1 is 1.16 bits per heavy atom. The largest absolute Gasteiger partial charge is 0.354 e. The average molecular weight is 633 g/mol. The number of allylic oxidation sites excluding steroid dienone is 1. The van der Waals surface area contributed by atoms with Gasteiger partial charge in [0, 0.05) is 67.7 Å². The van der Waals surface area contributed by atoms with Crippen LogP contribution in [0.4, 0.5) is 5.82 Å². The maximum Gasteiger partial charge on any atom is 0.252 e. The summed E-state index contributed by atoms with van der Waals surface area (Å²) in [4.78, 5) is 36.0. The highest BCUT2D eigenvalue weighted by Gasteiger charge is 2.54. The van der Waals surface area contributed by atoms with Crippen LogP contribution >= 0.6 is 0 Å². The monoisotopic (exact) mass is 632 g/mol. The van der Waals surface area contributed by atoms with Gasteiger partial charge in [-0.25, -0.2) is 17.4 Å². The Morgan fingerprint density at radius 3 is 2.51 bits per heavy atom. The summed E-state index contributed by atoms with van der Waals surface area (Å²) in [5, 5.41) is 6.59. The van der Waals surface area contributed by atoms with Crippen LogP contribution in [0.3, 0.4) is 0 Å². The number of carbonyl (C=O) groups is 2. The number of benzene rings is 1. The number of amides is 2. The third-order valence-corrected chi connectivity index (χ3v) is 12.5. The Bertz CT molecular complexity index is 1740. The number of pyridine rings is 1. The molecule has 2 N–H and O–H groups in total. The molecule has 45 heavy (non-hydrogen) atoms. The van der Waals surface area contributed by atoms with Crippen molar-refractivity contribution in [3.05, 3.63) is 60.4 Å². The normalized spacial score (nSPS) is 23.5. The summed E-state index contributed by atoms with van der Waals surface area (Å²) in [7, 11) is -1.66. The molecule has 2 aliphatic heterocycles. The first kappa shape index (κ1) is 31.3. The van der Waals surface area contributed by atoms with Crippen LogP contribution in [0, 0.1) is 18.8 Å². The van der Waals surface area contributed by atoms with Crippen molar-refractivity contribution in [1.29, 1.82) is 0 Å². The molecular weight excluding hydrogens is 588 g/mol. The Kier molecular flexibility index (Phi) is 8.28. The molecule has 2 aromatic heterocycles. The first-order valence-electron chi connectivity index (χ1n) is 15.9. The van der Waals surface area contributed by atoms with Crippen molar-refractivity contribution in [2.75, 3.05) is 44.7 Å². The molecule has 4 heterocycles. The number of aromatic nitrogens is 2. The quantitative estimate of drug-likeness (QED) is 0.344. The zero-order chi connectivity index (χ0) is 32.1. The molecule has 1 saturated carbocycles. The molecule has 1 aromatic carbocycles. The molecule has 0 radical (unpaired) electrons. The average Bonchev–Trinajstić information content (AvgIpc) is 3.73. The predicted molar refractivity (Wildman–Crippen MR) is 178 cm³/mol. The molecule has 11 heteroatoms. The minimum Gasteiger partial charge on any atom is -0.354 e. The number of anilines is 1. The van der Waals surface area contributed by atoms with E-state index in [9.17, 15) is 18.0 Å². The number of carbonyl (C=O) groups excluding carboxylic acids is 2. The number of hydrogen-bond acceptors (Lipinski definition) is 7. The van der Waals surface area contributed by atoms with Gasteiger partial charge in [0.05, 0.1) is 16.2 Å². The fourth-order valence-electron chi connectivity index (χ4n) is 7.01. The van der Waals surface area contributed by atoms with Crippen molar-refractivity contribution in [3.63, 3.8) is 0 Å². The summed E-state index contributed by atoms with van der Waals surface area (Å²) in [6.45, 7) is 13.6. The van der Waals surface area contributed by atoms with Gasteiger partial charge >= 0.3 is 0 Å². The van der Waals surface area contributed by atoms with Crippen molar-refractivity contribution in [2.45, 2.75) is 57.2 Å². The van der Waals surface area contributed by atoms with E-state index in [-0.39, 0.29) is 36.2 Å². The Balaban J connectivity index is 1.40. The highest BCUT2D eigenvalue weighted by molar-refractivity contribution is 7.91. The second-order valence-corrected chi connectivity index (χ2v) is 15.6. The van der Waals surface area contributed by atoms with Crippen LogP contribution in [-0.2, 0) is 14.8 Å². The van der Waals surface area contributed by atoms with Gasteiger partial charge in [-0.3, -0.25) is 9.59 Å². The van der Waals surface area contributed by atoms with Crippen LogP contribution in [0.5, 0.6) is 0 Å². The van der Waals surface area contributed by atoms with Crippen LogP contribution in [0.1, 0.15) is 55.5 Å². The molecule has 240 valence electrons. The lowest BCUT2D eigenvalue weighted by atomic mass is 9.84. The second-order valence-electron chi connectivity index (χ2n) is 13.3. The molecule has 2 amide bonds. The van der Waals surface area contributed by atoms with E-state index in [0.29, 0.717) is 46.9 Å². The fourth-order valence-corrected chi connectivity index (χ4v) is 9.07. The Labute approximate surface area is 265 Å². The molecule has 6 rings (SSSR count). The zero-order valence-electron chi connectivity index (χ0n) is 26.7. The van der Waals surface area contributed by atoms with E-state index in [1.54, 1.807) is 18.5 Å². The SMILES string of the molecule is C=CCC1(S(=O)(=O)n2cc(C)c3c(C(=O)NCC4C(=O)NC(C)CC4C)cc(-c4ccc(N5CCN(C)CC5)nc4)cc32)CC1. The number of aryl methyl sites for hydroxylation is 1. The fraction of sp³-hybridized carbons (Fsp3) is 0.500. The van der Waals surface area contributed by atoms with Gasteiger partial charge in [-0.05, 0) is 87.9 Å². The van der Waals surface area contributed by atoms with Crippen LogP contribution in [0.15, 0.2) is 49.3 Å². The minimum atomic E-state index is -3.78. The summed E-state index contributed by atoms with van der Waals surface area (Å²) in [5.41, 5.74) is 3.02. The van der Waals surface area contributed by atoms with Crippen molar-refractivity contribution in [1.82, 2.24) is 24.5 Å².